The maximum absolute atomic E-state index is 13.4. The molecule has 5 nitrogen and oxygen atoms in total. The first-order chi connectivity index (χ1) is 13.7. The van der Waals surface area contributed by atoms with Crippen LogP contribution in [-0.2, 0) is 21.2 Å². The summed E-state index contributed by atoms with van der Waals surface area (Å²) in [6, 6.07) is 8.40. The molecule has 2 aromatic carbocycles. The van der Waals surface area contributed by atoms with E-state index in [1.807, 2.05) is 32.0 Å². The van der Waals surface area contributed by atoms with E-state index in [0.717, 1.165) is 35.4 Å². The van der Waals surface area contributed by atoms with Gasteiger partial charge >= 0.3 is 0 Å². The molecule has 0 saturated carbocycles. The number of nitrogens with one attached hydrogen (secondary N) is 1. The van der Waals surface area contributed by atoms with Gasteiger partial charge in [-0.15, -0.1) is 0 Å². The van der Waals surface area contributed by atoms with Crippen LogP contribution in [0.25, 0.3) is 0 Å². The monoisotopic (exact) mass is 422 g/mol. The number of aryl methyl sites for hydroxylation is 2. The zero-order chi connectivity index (χ0) is 21.2. The van der Waals surface area contributed by atoms with Crippen molar-refractivity contribution in [3.05, 3.63) is 59.2 Å². The number of sulfonamides is 1. The lowest BCUT2D eigenvalue weighted by molar-refractivity contribution is -0.120. The summed E-state index contributed by atoms with van der Waals surface area (Å²) >= 11 is 0. The van der Waals surface area contributed by atoms with Crippen molar-refractivity contribution in [1.82, 2.24) is 4.31 Å². The van der Waals surface area contributed by atoms with Crippen LogP contribution in [0.5, 0.6) is 0 Å². The number of piperidine rings is 1. The average Bonchev–Trinajstić information content (AvgIpc) is 2.71. The predicted octanol–water partition coefficient (Wildman–Crippen LogP) is 3.88. The lowest BCUT2D eigenvalue weighted by atomic mass is 9.96. The Morgan fingerprint density at radius 3 is 2.45 bits per heavy atom. The van der Waals surface area contributed by atoms with Gasteiger partial charge in [-0.3, -0.25) is 4.79 Å². The van der Waals surface area contributed by atoms with E-state index in [2.05, 4.69) is 5.32 Å². The molecule has 0 spiro atoms. The SMILES string of the molecule is CCc1cccc(C)c1NC(=O)C1CCN(S(=O)(=O)c2ccc(F)c(F)c2)CC1. The highest BCUT2D eigenvalue weighted by Gasteiger charge is 2.32. The van der Waals surface area contributed by atoms with Crippen LogP contribution in [-0.4, -0.2) is 31.7 Å². The molecule has 156 valence electrons. The number of carbonyl (C=O) groups excluding carboxylic acids is 1. The fraction of sp³-hybridized carbons (Fsp3) is 0.381. The highest BCUT2D eigenvalue weighted by Crippen LogP contribution is 2.27. The number of benzene rings is 2. The Bertz CT molecular complexity index is 1020. The Hall–Kier alpha value is -2.32. The molecular weight excluding hydrogens is 398 g/mol. The summed E-state index contributed by atoms with van der Waals surface area (Å²) < 4.78 is 53.1. The van der Waals surface area contributed by atoms with Crippen LogP contribution in [0.3, 0.4) is 0 Å². The van der Waals surface area contributed by atoms with Gasteiger partial charge in [-0.1, -0.05) is 25.1 Å². The normalized spacial score (nSPS) is 16.0. The molecule has 1 heterocycles. The number of hydrogen-bond acceptors (Lipinski definition) is 3. The molecule has 8 heteroatoms. The van der Waals surface area contributed by atoms with Crippen molar-refractivity contribution in [2.75, 3.05) is 18.4 Å². The maximum atomic E-state index is 13.4. The molecule has 1 aliphatic rings. The molecule has 0 unspecified atom stereocenters. The number of anilines is 1. The van der Waals surface area contributed by atoms with E-state index in [9.17, 15) is 22.0 Å². The van der Waals surface area contributed by atoms with Crippen molar-refractivity contribution in [2.45, 2.75) is 38.0 Å². The van der Waals surface area contributed by atoms with Gasteiger partial charge in [-0.05, 0) is 55.5 Å². The number of amides is 1. The number of rotatable bonds is 5. The number of hydrogen-bond donors (Lipinski definition) is 1. The van der Waals surface area contributed by atoms with E-state index in [0.29, 0.717) is 18.9 Å². The molecule has 2 aromatic rings. The van der Waals surface area contributed by atoms with E-state index < -0.39 is 21.7 Å². The smallest absolute Gasteiger partial charge is 0.243 e. The first-order valence-electron chi connectivity index (χ1n) is 9.58. The standard InChI is InChI=1S/C21H24F2N2O3S/c1-3-15-6-4-5-14(2)20(15)24-21(26)16-9-11-25(12-10-16)29(27,28)17-7-8-18(22)19(23)13-17/h4-8,13,16H,3,9-12H2,1-2H3,(H,24,26). The number of halogens is 2. The molecule has 0 atom stereocenters. The van der Waals surface area contributed by atoms with Gasteiger partial charge in [0.25, 0.3) is 0 Å². The molecule has 1 saturated heterocycles. The molecule has 29 heavy (non-hydrogen) atoms. The van der Waals surface area contributed by atoms with Gasteiger partial charge in [-0.25, -0.2) is 17.2 Å². The Morgan fingerprint density at radius 1 is 1.14 bits per heavy atom. The third-order valence-corrected chi connectivity index (χ3v) is 7.24. The third kappa shape index (κ3) is 4.48. The van der Waals surface area contributed by atoms with Crippen LogP contribution in [0.2, 0.25) is 0 Å². The van der Waals surface area contributed by atoms with Gasteiger partial charge in [0, 0.05) is 24.7 Å². The van der Waals surface area contributed by atoms with Crippen LogP contribution >= 0.6 is 0 Å². The highest BCUT2D eigenvalue weighted by atomic mass is 32.2. The molecule has 3 rings (SSSR count). The van der Waals surface area contributed by atoms with Gasteiger partial charge in [0.1, 0.15) is 0 Å². The molecule has 1 amide bonds. The largest absolute Gasteiger partial charge is 0.325 e. The Labute approximate surface area is 169 Å². The summed E-state index contributed by atoms with van der Waals surface area (Å²) in [4.78, 5) is 12.4. The first-order valence-corrected chi connectivity index (χ1v) is 11.0. The second-order valence-electron chi connectivity index (χ2n) is 7.21. The number of nitrogens with zero attached hydrogens (tertiary/aromatic N) is 1. The molecule has 1 aliphatic heterocycles. The minimum atomic E-state index is -3.93. The van der Waals surface area contributed by atoms with E-state index in [1.165, 1.54) is 4.31 Å². The molecule has 1 N–H and O–H groups in total. The quantitative estimate of drug-likeness (QED) is 0.795. The van der Waals surface area contributed by atoms with Gasteiger partial charge in [0.15, 0.2) is 11.6 Å². The van der Waals surface area contributed by atoms with Crippen molar-refractivity contribution >= 4 is 21.6 Å². The predicted molar refractivity (Wildman–Crippen MR) is 107 cm³/mol. The van der Waals surface area contributed by atoms with Crippen molar-refractivity contribution in [3.63, 3.8) is 0 Å². The van der Waals surface area contributed by atoms with Crippen LogP contribution in [0.15, 0.2) is 41.3 Å². The molecule has 1 fully saturated rings. The van der Waals surface area contributed by atoms with Crippen LogP contribution < -0.4 is 5.32 Å². The maximum Gasteiger partial charge on any atom is 0.243 e. The van der Waals surface area contributed by atoms with Crippen molar-refractivity contribution < 1.29 is 22.0 Å². The van der Waals surface area contributed by atoms with Gasteiger partial charge in [-0.2, -0.15) is 4.31 Å². The Balaban J connectivity index is 1.67. The van der Waals surface area contributed by atoms with Crippen molar-refractivity contribution in [3.8, 4) is 0 Å². The summed E-state index contributed by atoms with van der Waals surface area (Å²) in [6.45, 7) is 4.25. The minimum Gasteiger partial charge on any atom is -0.325 e. The molecule has 0 aliphatic carbocycles. The van der Waals surface area contributed by atoms with Crippen molar-refractivity contribution in [1.29, 1.82) is 0 Å². The summed E-state index contributed by atoms with van der Waals surface area (Å²) in [5, 5.41) is 3.00. The molecule has 0 bridgehead atoms. The second-order valence-corrected chi connectivity index (χ2v) is 9.14. The summed E-state index contributed by atoms with van der Waals surface area (Å²) in [7, 11) is -3.93. The zero-order valence-corrected chi connectivity index (χ0v) is 17.2. The average molecular weight is 422 g/mol. The molecule has 0 radical (unpaired) electrons. The first kappa shape index (κ1) is 21.4. The summed E-state index contributed by atoms with van der Waals surface area (Å²) in [5.41, 5.74) is 2.85. The van der Waals surface area contributed by atoms with E-state index in [4.69, 9.17) is 0 Å². The minimum absolute atomic E-state index is 0.126. The number of para-hydroxylation sites is 1. The van der Waals surface area contributed by atoms with E-state index in [1.54, 1.807) is 0 Å². The number of carbonyl (C=O) groups is 1. The van der Waals surface area contributed by atoms with Crippen LogP contribution in [0, 0.1) is 24.5 Å². The van der Waals surface area contributed by atoms with E-state index in [-0.39, 0.29) is 29.8 Å². The van der Waals surface area contributed by atoms with E-state index >= 15 is 0 Å². The van der Waals surface area contributed by atoms with Gasteiger partial charge in [0.05, 0.1) is 4.90 Å². The summed E-state index contributed by atoms with van der Waals surface area (Å²) in [5.74, 6) is -2.73. The summed E-state index contributed by atoms with van der Waals surface area (Å²) in [6.07, 6.45) is 1.52. The third-order valence-electron chi connectivity index (χ3n) is 5.34. The van der Waals surface area contributed by atoms with Crippen LogP contribution in [0.1, 0.15) is 30.9 Å². The second kappa shape index (κ2) is 8.59. The lowest BCUT2D eigenvalue weighted by Gasteiger charge is -2.30. The zero-order valence-electron chi connectivity index (χ0n) is 16.4. The van der Waals surface area contributed by atoms with Crippen LogP contribution in [0.4, 0.5) is 14.5 Å². The Kier molecular flexibility index (Phi) is 6.33. The molecular formula is C21H24F2N2O3S. The van der Waals surface area contributed by atoms with Crippen molar-refractivity contribution in [2.24, 2.45) is 5.92 Å². The fourth-order valence-corrected chi connectivity index (χ4v) is 5.05. The topological polar surface area (TPSA) is 66.5 Å². The molecule has 0 aromatic heterocycles. The fourth-order valence-electron chi connectivity index (χ4n) is 3.57. The lowest BCUT2D eigenvalue weighted by Crippen LogP contribution is -2.41. The van der Waals surface area contributed by atoms with Gasteiger partial charge < -0.3 is 5.32 Å². The van der Waals surface area contributed by atoms with Gasteiger partial charge in [0.2, 0.25) is 15.9 Å². The Morgan fingerprint density at radius 2 is 1.83 bits per heavy atom. The highest BCUT2D eigenvalue weighted by molar-refractivity contribution is 7.89.